The van der Waals surface area contributed by atoms with Crippen LogP contribution >= 0.6 is 0 Å². The van der Waals surface area contributed by atoms with Crippen molar-refractivity contribution < 1.29 is 4.74 Å². The van der Waals surface area contributed by atoms with Crippen LogP contribution in [-0.4, -0.2) is 62.6 Å². The molecule has 1 saturated heterocycles. The maximum Gasteiger partial charge on any atom is 0.191 e. The maximum absolute atomic E-state index is 5.21. The first-order valence-electron chi connectivity index (χ1n) is 10.8. The van der Waals surface area contributed by atoms with Gasteiger partial charge < -0.3 is 20.3 Å². The smallest absolute Gasteiger partial charge is 0.191 e. The van der Waals surface area contributed by atoms with E-state index in [9.17, 15) is 0 Å². The lowest BCUT2D eigenvalue weighted by Crippen LogP contribution is -2.43. The first-order chi connectivity index (χ1) is 14.7. The zero-order chi connectivity index (χ0) is 21.2. The molecule has 0 spiro atoms. The Labute approximate surface area is 180 Å². The molecule has 0 amide bonds. The lowest BCUT2D eigenvalue weighted by atomic mass is 10.1. The molecule has 0 aromatic heterocycles. The molecule has 6 nitrogen and oxygen atoms in total. The van der Waals surface area contributed by atoms with Gasteiger partial charge >= 0.3 is 0 Å². The Hall–Kier alpha value is -2.57. The van der Waals surface area contributed by atoms with Gasteiger partial charge in [-0.25, -0.2) is 4.99 Å². The fraction of sp³-hybridized carbons (Fsp3) is 0.458. The van der Waals surface area contributed by atoms with Crippen LogP contribution in [0.2, 0.25) is 0 Å². The van der Waals surface area contributed by atoms with Crippen molar-refractivity contribution in [3.05, 3.63) is 65.2 Å². The Bertz CT molecular complexity index is 780. The first-order valence-corrected chi connectivity index (χ1v) is 10.8. The third-order valence-electron chi connectivity index (χ3n) is 5.41. The van der Waals surface area contributed by atoms with E-state index in [1.54, 1.807) is 7.11 Å². The number of nitrogens with zero attached hydrogens (tertiary/aromatic N) is 3. The second-order valence-corrected chi connectivity index (χ2v) is 7.79. The van der Waals surface area contributed by atoms with Crippen molar-refractivity contribution in [2.45, 2.75) is 26.6 Å². The molecule has 0 aliphatic carbocycles. The van der Waals surface area contributed by atoms with Crippen LogP contribution in [0.25, 0.3) is 0 Å². The molecule has 2 aromatic carbocycles. The van der Waals surface area contributed by atoms with Gasteiger partial charge in [-0.2, -0.15) is 0 Å². The molecule has 1 heterocycles. The summed E-state index contributed by atoms with van der Waals surface area (Å²) < 4.78 is 5.21. The van der Waals surface area contributed by atoms with Gasteiger partial charge in [0.1, 0.15) is 5.75 Å². The number of rotatable bonds is 8. The van der Waals surface area contributed by atoms with E-state index in [0.29, 0.717) is 6.54 Å². The number of piperazine rings is 1. The predicted octanol–water partition coefficient (Wildman–Crippen LogP) is 2.70. The summed E-state index contributed by atoms with van der Waals surface area (Å²) in [6, 6.07) is 16.9. The van der Waals surface area contributed by atoms with E-state index >= 15 is 0 Å². The lowest BCUT2D eigenvalue weighted by molar-refractivity contribution is 0.148. The lowest BCUT2D eigenvalue weighted by Gasteiger charge is -2.32. The molecule has 0 radical (unpaired) electrons. The van der Waals surface area contributed by atoms with E-state index in [1.807, 2.05) is 24.3 Å². The highest BCUT2D eigenvalue weighted by Gasteiger charge is 2.13. The zero-order valence-corrected chi connectivity index (χ0v) is 18.5. The molecule has 162 valence electrons. The molecule has 2 aromatic rings. The summed E-state index contributed by atoms with van der Waals surface area (Å²) in [5.41, 5.74) is 3.79. The molecule has 3 rings (SSSR count). The minimum Gasteiger partial charge on any atom is -0.497 e. The number of guanidine groups is 1. The number of ether oxygens (including phenoxy) is 1. The number of benzene rings is 2. The van der Waals surface area contributed by atoms with Crippen molar-refractivity contribution in [2.24, 2.45) is 4.99 Å². The number of likely N-dealkylation sites (N-methyl/N-ethyl adjacent to an activating group) is 1. The van der Waals surface area contributed by atoms with Crippen molar-refractivity contribution in [3.63, 3.8) is 0 Å². The number of aliphatic imine (C=N–C) groups is 1. The number of hydrogen-bond donors (Lipinski definition) is 2. The quantitative estimate of drug-likeness (QED) is 0.519. The van der Waals surface area contributed by atoms with Crippen molar-refractivity contribution in [1.29, 1.82) is 0 Å². The normalized spacial score (nSPS) is 15.8. The molecule has 1 fully saturated rings. The van der Waals surface area contributed by atoms with E-state index in [4.69, 9.17) is 9.73 Å². The molecule has 6 heteroatoms. The van der Waals surface area contributed by atoms with Crippen LogP contribution in [0.1, 0.15) is 23.6 Å². The molecule has 1 aliphatic heterocycles. The van der Waals surface area contributed by atoms with Gasteiger partial charge in [-0.05, 0) is 42.8 Å². The second-order valence-electron chi connectivity index (χ2n) is 7.79. The van der Waals surface area contributed by atoms with Gasteiger partial charge in [-0.1, -0.05) is 36.4 Å². The summed E-state index contributed by atoms with van der Waals surface area (Å²) in [6.07, 6.45) is 0. The number of nitrogens with one attached hydrogen (secondary N) is 2. The number of methoxy groups -OCH3 is 1. The SMILES string of the molecule is CCNC(=NCc1ccc(OC)cc1)NCc1ccc(CN2CCN(C)CC2)cc1. The van der Waals surface area contributed by atoms with Crippen LogP contribution in [0, 0.1) is 0 Å². The Kier molecular flexibility index (Phi) is 8.53. The first kappa shape index (κ1) is 22.1. The molecule has 1 aliphatic rings. The third-order valence-corrected chi connectivity index (χ3v) is 5.41. The highest BCUT2D eigenvalue weighted by Crippen LogP contribution is 2.12. The second kappa shape index (κ2) is 11.6. The van der Waals surface area contributed by atoms with Crippen molar-refractivity contribution in [1.82, 2.24) is 20.4 Å². The van der Waals surface area contributed by atoms with Crippen LogP contribution in [-0.2, 0) is 19.6 Å². The third kappa shape index (κ3) is 7.04. The average Bonchev–Trinajstić information content (AvgIpc) is 2.78. The van der Waals surface area contributed by atoms with Crippen LogP contribution < -0.4 is 15.4 Å². The largest absolute Gasteiger partial charge is 0.497 e. The Balaban J connectivity index is 1.49. The fourth-order valence-corrected chi connectivity index (χ4v) is 3.46. The zero-order valence-electron chi connectivity index (χ0n) is 18.5. The van der Waals surface area contributed by atoms with E-state index in [0.717, 1.165) is 63.1 Å². The maximum atomic E-state index is 5.21. The molecule has 30 heavy (non-hydrogen) atoms. The predicted molar refractivity (Wildman–Crippen MR) is 124 cm³/mol. The fourth-order valence-electron chi connectivity index (χ4n) is 3.46. The van der Waals surface area contributed by atoms with Crippen LogP contribution in [0.5, 0.6) is 5.75 Å². The molecular formula is C24H35N5O. The summed E-state index contributed by atoms with van der Waals surface area (Å²) in [6.45, 7) is 9.94. The average molecular weight is 410 g/mol. The summed E-state index contributed by atoms with van der Waals surface area (Å²) in [4.78, 5) is 9.62. The highest BCUT2D eigenvalue weighted by molar-refractivity contribution is 5.79. The van der Waals surface area contributed by atoms with Crippen LogP contribution in [0.15, 0.2) is 53.5 Å². The van der Waals surface area contributed by atoms with Crippen molar-refractivity contribution in [2.75, 3.05) is 46.9 Å². The van der Waals surface area contributed by atoms with E-state index in [1.165, 1.54) is 11.1 Å². The topological polar surface area (TPSA) is 52.1 Å². The van der Waals surface area contributed by atoms with Crippen molar-refractivity contribution >= 4 is 5.96 Å². The van der Waals surface area contributed by atoms with Gasteiger partial charge in [0, 0.05) is 45.8 Å². The molecule has 0 unspecified atom stereocenters. The van der Waals surface area contributed by atoms with Gasteiger partial charge in [0.2, 0.25) is 0 Å². The molecular weight excluding hydrogens is 374 g/mol. The molecule has 0 bridgehead atoms. The standard InChI is InChI=1S/C24H35N5O/c1-4-25-24(27-18-21-9-11-23(30-3)12-10-21)26-17-20-5-7-22(8-6-20)19-29-15-13-28(2)14-16-29/h5-12H,4,13-19H2,1-3H3,(H2,25,26,27). The van der Waals surface area contributed by atoms with E-state index in [-0.39, 0.29) is 0 Å². The summed E-state index contributed by atoms with van der Waals surface area (Å²) in [5.74, 6) is 1.69. The van der Waals surface area contributed by atoms with Crippen molar-refractivity contribution in [3.8, 4) is 5.75 Å². The Morgan fingerprint density at radius 1 is 0.900 bits per heavy atom. The van der Waals surface area contributed by atoms with Gasteiger partial charge in [0.25, 0.3) is 0 Å². The van der Waals surface area contributed by atoms with E-state index in [2.05, 4.69) is 58.7 Å². The summed E-state index contributed by atoms with van der Waals surface area (Å²) in [7, 11) is 3.88. The van der Waals surface area contributed by atoms with Crippen LogP contribution in [0.4, 0.5) is 0 Å². The minimum atomic E-state index is 0.628. The van der Waals surface area contributed by atoms with Gasteiger partial charge in [0.05, 0.1) is 13.7 Å². The molecule has 0 atom stereocenters. The molecule has 2 N–H and O–H groups in total. The number of hydrogen-bond acceptors (Lipinski definition) is 4. The summed E-state index contributed by atoms with van der Waals surface area (Å²) in [5, 5.41) is 6.75. The Morgan fingerprint density at radius 3 is 2.17 bits per heavy atom. The van der Waals surface area contributed by atoms with Gasteiger partial charge in [-0.15, -0.1) is 0 Å². The monoisotopic (exact) mass is 409 g/mol. The summed E-state index contributed by atoms with van der Waals surface area (Å²) >= 11 is 0. The van der Waals surface area contributed by atoms with Gasteiger partial charge in [-0.3, -0.25) is 4.90 Å². The van der Waals surface area contributed by atoms with Crippen LogP contribution in [0.3, 0.4) is 0 Å². The molecule has 0 saturated carbocycles. The van der Waals surface area contributed by atoms with Gasteiger partial charge in [0.15, 0.2) is 5.96 Å². The minimum absolute atomic E-state index is 0.628. The van der Waals surface area contributed by atoms with E-state index < -0.39 is 0 Å². The highest BCUT2D eigenvalue weighted by atomic mass is 16.5. The Morgan fingerprint density at radius 2 is 1.53 bits per heavy atom.